The van der Waals surface area contributed by atoms with Crippen LogP contribution in [0.2, 0.25) is 0 Å². The third-order valence-corrected chi connectivity index (χ3v) is 2.20. The Balaban J connectivity index is 2.86. The normalized spacial score (nSPS) is 10.8. The molecule has 0 aliphatic carbocycles. The summed E-state index contributed by atoms with van der Waals surface area (Å²) in [6.07, 6.45) is 0. The minimum atomic E-state index is -0.323. The lowest BCUT2D eigenvalue weighted by atomic mass is 10.1. The summed E-state index contributed by atoms with van der Waals surface area (Å²) >= 11 is 0. The second-order valence-corrected chi connectivity index (χ2v) is 4.00. The number of hydrogen-bond donors (Lipinski definition) is 1. The second-order valence-electron chi connectivity index (χ2n) is 4.00. The molecule has 0 atom stereocenters. The van der Waals surface area contributed by atoms with Gasteiger partial charge < -0.3 is 10.2 Å². The predicted octanol–water partition coefficient (Wildman–Crippen LogP) is 1.29. The zero-order valence-electron chi connectivity index (χ0n) is 9.88. The van der Waals surface area contributed by atoms with Crippen molar-refractivity contribution in [3.63, 3.8) is 0 Å². The molecule has 1 aromatic carbocycles. The number of carbonyl (C=O) groups is 1. The predicted molar refractivity (Wildman–Crippen MR) is 62.0 cm³/mol. The van der Waals surface area contributed by atoms with Crippen molar-refractivity contribution in [2.75, 3.05) is 27.7 Å². The first-order valence-electron chi connectivity index (χ1n) is 5.15. The van der Waals surface area contributed by atoms with Gasteiger partial charge in [0.15, 0.2) is 5.78 Å². The van der Waals surface area contributed by atoms with Gasteiger partial charge in [0.25, 0.3) is 0 Å². The van der Waals surface area contributed by atoms with Crippen molar-refractivity contribution in [3.05, 3.63) is 35.1 Å². The third kappa shape index (κ3) is 3.40. The van der Waals surface area contributed by atoms with Gasteiger partial charge in [-0.05, 0) is 27.2 Å². The van der Waals surface area contributed by atoms with Crippen LogP contribution in [-0.2, 0) is 6.54 Å². The molecule has 0 heterocycles. The Labute approximate surface area is 95.3 Å². The van der Waals surface area contributed by atoms with Crippen LogP contribution in [0.25, 0.3) is 0 Å². The van der Waals surface area contributed by atoms with E-state index in [1.54, 1.807) is 19.2 Å². The number of Topliss-reactive ketones (excluding diaryl/α,β-unsaturated/α-hetero) is 1. The number of nitrogens with one attached hydrogen (secondary N) is 1. The van der Waals surface area contributed by atoms with Crippen LogP contribution in [0.3, 0.4) is 0 Å². The molecule has 0 radical (unpaired) electrons. The van der Waals surface area contributed by atoms with Crippen LogP contribution in [0.5, 0.6) is 0 Å². The number of halogens is 1. The van der Waals surface area contributed by atoms with Crippen LogP contribution in [0.4, 0.5) is 4.39 Å². The van der Waals surface area contributed by atoms with E-state index in [0.717, 1.165) is 0 Å². The largest absolute Gasteiger partial charge is 0.313 e. The van der Waals surface area contributed by atoms with Gasteiger partial charge in [-0.25, -0.2) is 4.39 Å². The first-order chi connectivity index (χ1) is 7.54. The van der Waals surface area contributed by atoms with Crippen LogP contribution < -0.4 is 5.32 Å². The molecule has 0 spiro atoms. The quantitative estimate of drug-likeness (QED) is 0.765. The van der Waals surface area contributed by atoms with Crippen LogP contribution in [0.15, 0.2) is 18.2 Å². The zero-order valence-corrected chi connectivity index (χ0v) is 9.88. The van der Waals surface area contributed by atoms with Crippen molar-refractivity contribution in [3.8, 4) is 0 Å². The topological polar surface area (TPSA) is 32.3 Å². The van der Waals surface area contributed by atoms with Gasteiger partial charge in [0.05, 0.1) is 6.54 Å². The van der Waals surface area contributed by atoms with Crippen LogP contribution >= 0.6 is 0 Å². The van der Waals surface area contributed by atoms with Gasteiger partial charge in [0, 0.05) is 17.7 Å². The Morgan fingerprint density at radius 3 is 2.62 bits per heavy atom. The number of likely N-dealkylation sites (N-methyl/N-ethyl adjacent to an activating group) is 1. The number of benzene rings is 1. The van der Waals surface area contributed by atoms with E-state index in [1.165, 1.54) is 6.07 Å². The van der Waals surface area contributed by atoms with E-state index < -0.39 is 0 Å². The lowest BCUT2D eigenvalue weighted by Crippen LogP contribution is -2.19. The summed E-state index contributed by atoms with van der Waals surface area (Å²) in [5.74, 6) is -0.423. The Morgan fingerprint density at radius 1 is 1.44 bits per heavy atom. The molecular formula is C12H17FN2O. The molecule has 0 bridgehead atoms. The molecular weight excluding hydrogens is 207 g/mol. The minimum Gasteiger partial charge on any atom is -0.313 e. The maximum atomic E-state index is 13.6. The lowest BCUT2D eigenvalue weighted by molar-refractivity contribution is 0.0993. The number of hydrogen-bond acceptors (Lipinski definition) is 3. The zero-order chi connectivity index (χ0) is 12.1. The Morgan fingerprint density at radius 2 is 2.12 bits per heavy atom. The van der Waals surface area contributed by atoms with Crippen molar-refractivity contribution in [2.24, 2.45) is 0 Å². The number of ketones is 1. The van der Waals surface area contributed by atoms with Gasteiger partial charge in [-0.2, -0.15) is 0 Å². The molecule has 0 unspecified atom stereocenters. The highest BCUT2D eigenvalue weighted by Gasteiger charge is 2.09. The van der Waals surface area contributed by atoms with Crippen LogP contribution in [0.1, 0.15) is 15.9 Å². The maximum Gasteiger partial charge on any atom is 0.176 e. The molecule has 0 amide bonds. The number of rotatable bonds is 5. The average molecular weight is 224 g/mol. The summed E-state index contributed by atoms with van der Waals surface area (Å²) in [5, 5.41) is 2.75. The average Bonchev–Trinajstić information content (AvgIpc) is 2.20. The van der Waals surface area contributed by atoms with Gasteiger partial charge in [0.2, 0.25) is 0 Å². The molecule has 16 heavy (non-hydrogen) atoms. The van der Waals surface area contributed by atoms with E-state index >= 15 is 0 Å². The van der Waals surface area contributed by atoms with Crippen molar-refractivity contribution in [1.29, 1.82) is 0 Å². The summed E-state index contributed by atoms with van der Waals surface area (Å²) in [6, 6.07) is 4.64. The fourth-order valence-electron chi connectivity index (χ4n) is 1.45. The highest BCUT2D eigenvalue weighted by molar-refractivity contribution is 5.97. The molecule has 3 nitrogen and oxygen atoms in total. The molecule has 4 heteroatoms. The first-order valence-corrected chi connectivity index (χ1v) is 5.15. The van der Waals surface area contributed by atoms with E-state index in [0.29, 0.717) is 17.7 Å². The van der Waals surface area contributed by atoms with E-state index in [1.807, 2.05) is 19.0 Å². The Bertz CT molecular complexity index is 377. The smallest absolute Gasteiger partial charge is 0.176 e. The van der Waals surface area contributed by atoms with Crippen molar-refractivity contribution in [2.45, 2.75) is 6.54 Å². The third-order valence-electron chi connectivity index (χ3n) is 2.20. The number of carbonyl (C=O) groups excluding carboxylic acids is 1. The van der Waals surface area contributed by atoms with E-state index in [2.05, 4.69) is 5.32 Å². The standard InChI is InChI=1S/C12H17FN2O/c1-14-7-12(16)9-4-5-10(8-15(2)3)11(13)6-9/h4-6,14H,7-8H2,1-3H3. The highest BCUT2D eigenvalue weighted by Crippen LogP contribution is 2.12. The van der Waals surface area contributed by atoms with Gasteiger partial charge in [-0.1, -0.05) is 12.1 Å². The van der Waals surface area contributed by atoms with E-state index in [9.17, 15) is 9.18 Å². The summed E-state index contributed by atoms with van der Waals surface area (Å²) in [7, 11) is 5.44. The monoisotopic (exact) mass is 224 g/mol. The van der Waals surface area contributed by atoms with E-state index in [4.69, 9.17) is 0 Å². The van der Waals surface area contributed by atoms with Gasteiger partial charge in [-0.15, -0.1) is 0 Å². The molecule has 1 aromatic rings. The minimum absolute atomic E-state index is 0.0993. The van der Waals surface area contributed by atoms with Gasteiger partial charge in [0.1, 0.15) is 5.82 Å². The van der Waals surface area contributed by atoms with Gasteiger partial charge >= 0.3 is 0 Å². The summed E-state index contributed by atoms with van der Waals surface area (Å²) in [5.41, 5.74) is 1.01. The first kappa shape index (κ1) is 12.8. The highest BCUT2D eigenvalue weighted by atomic mass is 19.1. The molecule has 88 valence electrons. The van der Waals surface area contributed by atoms with Crippen LogP contribution in [0, 0.1) is 5.82 Å². The second kappa shape index (κ2) is 5.72. The molecule has 1 rings (SSSR count). The summed E-state index contributed by atoms with van der Waals surface area (Å²) in [4.78, 5) is 13.4. The molecule has 0 saturated heterocycles. The molecule has 0 aliphatic rings. The lowest BCUT2D eigenvalue weighted by Gasteiger charge is -2.11. The molecule has 0 aliphatic heterocycles. The molecule has 0 saturated carbocycles. The fourth-order valence-corrected chi connectivity index (χ4v) is 1.45. The SMILES string of the molecule is CNCC(=O)c1ccc(CN(C)C)c(F)c1. The fraction of sp³-hybridized carbons (Fsp3) is 0.417. The number of nitrogens with zero attached hydrogens (tertiary/aromatic N) is 1. The summed E-state index contributed by atoms with van der Waals surface area (Å²) in [6.45, 7) is 0.763. The molecule has 0 aromatic heterocycles. The van der Waals surface area contributed by atoms with Crippen molar-refractivity contribution >= 4 is 5.78 Å². The molecule has 0 fully saturated rings. The van der Waals surface area contributed by atoms with Crippen molar-refractivity contribution < 1.29 is 9.18 Å². The van der Waals surface area contributed by atoms with E-state index in [-0.39, 0.29) is 18.1 Å². The Hall–Kier alpha value is -1.26. The van der Waals surface area contributed by atoms with Crippen molar-refractivity contribution in [1.82, 2.24) is 10.2 Å². The van der Waals surface area contributed by atoms with Gasteiger partial charge in [-0.3, -0.25) is 4.79 Å². The van der Waals surface area contributed by atoms with Crippen LogP contribution in [-0.4, -0.2) is 38.4 Å². The summed E-state index contributed by atoms with van der Waals surface area (Å²) < 4.78 is 13.6. The Kier molecular flexibility index (Phi) is 4.58. The maximum absolute atomic E-state index is 13.6. The molecule has 1 N–H and O–H groups in total.